The summed E-state index contributed by atoms with van der Waals surface area (Å²) >= 11 is 0. The number of rotatable bonds is 6. The number of alkyl halides is 3. The Morgan fingerprint density at radius 1 is 1.38 bits per heavy atom. The minimum atomic E-state index is -4.71. The van der Waals surface area contributed by atoms with Gasteiger partial charge in [0.25, 0.3) is 0 Å². The Bertz CT molecular complexity index is 713. The molecule has 6 nitrogen and oxygen atoms in total. The maximum Gasteiger partial charge on any atom is 0.471 e. The van der Waals surface area contributed by atoms with Crippen LogP contribution in [0.15, 0.2) is 22.7 Å². The van der Waals surface area contributed by atoms with Crippen molar-refractivity contribution in [1.82, 2.24) is 15.5 Å². The molecule has 0 aliphatic heterocycles. The monoisotopic (exact) mass is 343 g/mol. The van der Waals surface area contributed by atoms with Crippen molar-refractivity contribution in [3.63, 3.8) is 0 Å². The summed E-state index contributed by atoms with van der Waals surface area (Å²) in [6.45, 7) is 2.19. The average Bonchev–Trinajstić information content (AvgIpc) is 3.03. The van der Waals surface area contributed by atoms with E-state index in [1.807, 2.05) is 6.92 Å². The van der Waals surface area contributed by atoms with Crippen LogP contribution in [-0.2, 0) is 17.5 Å². The van der Waals surface area contributed by atoms with E-state index in [0.717, 1.165) is 12.0 Å². The fourth-order valence-corrected chi connectivity index (χ4v) is 1.99. The molecule has 0 bridgehead atoms. The van der Waals surface area contributed by atoms with Gasteiger partial charge in [-0.25, -0.2) is 0 Å². The zero-order valence-corrected chi connectivity index (χ0v) is 13.1. The van der Waals surface area contributed by atoms with E-state index in [9.17, 15) is 18.0 Å². The predicted molar refractivity (Wildman–Crippen MR) is 78.0 cm³/mol. The lowest BCUT2D eigenvalue weighted by Crippen LogP contribution is -2.22. The van der Waals surface area contributed by atoms with Crippen molar-refractivity contribution in [1.29, 1.82) is 0 Å². The van der Waals surface area contributed by atoms with Crippen molar-refractivity contribution in [3.8, 4) is 17.1 Å². The molecule has 2 aromatic rings. The molecule has 24 heavy (non-hydrogen) atoms. The van der Waals surface area contributed by atoms with Gasteiger partial charge < -0.3 is 14.6 Å². The van der Waals surface area contributed by atoms with Gasteiger partial charge >= 0.3 is 12.1 Å². The van der Waals surface area contributed by atoms with Gasteiger partial charge in [0.2, 0.25) is 11.7 Å². The Morgan fingerprint density at radius 3 is 2.71 bits per heavy atom. The number of methoxy groups -OCH3 is 1. The van der Waals surface area contributed by atoms with Crippen LogP contribution >= 0.6 is 0 Å². The van der Waals surface area contributed by atoms with Crippen LogP contribution in [0, 0.1) is 0 Å². The van der Waals surface area contributed by atoms with Gasteiger partial charge in [0.1, 0.15) is 5.75 Å². The number of hydrogen-bond donors (Lipinski definition) is 1. The van der Waals surface area contributed by atoms with Crippen LogP contribution in [0.2, 0.25) is 0 Å². The van der Waals surface area contributed by atoms with Gasteiger partial charge in [-0.2, -0.15) is 18.2 Å². The van der Waals surface area contributed by atoms with E-state index in [2.05, 4.69) is 20.0 Å². The van der Waals surface area contributed by atoms with Crippen LogP contribution in [-0.4, -0.2) is 23.2 Å². The van der Waals surface area contributed by atoms with Crippen LogP contribution in [0.5, 0.6) is 5.75 Å². The lowest BCUT2D eigenvalue weighted by molar-refractivity contribution is -0.159. The molecule has 0 atom stereocenters. The molecule has 0 fully saturated rings. The molecular formula is C15H16F3N3O3. The first kappa shape index (κ1) is 17.8. The highest BCUT2D eigenvalue weighted by molar-refractivity contribution is 5.75. The number of carbonyl (C=O) groups is 1. The standard InChI is InChI=1S/C15H16F3N3O3/c1-3-4-12(22)19-8-9-5-6-10(11(7-9)23-2)13-20-14(24-21-13)15(16,17)18/h5-7H,3-4,8H2,1-2H3,(H,19,22). The summed E-state index contributed by atoms with van der Waals surface area (Å²) in [5.74, 6) is -1.43. The molecule has 0 spiro atoms. The third-order valence-corrected chi connectivity index (χ3v) is 3.14. The Labute approximate surface area is 136 Å². The number of nitrogens with one attached hydrogen (secondary N) is 1. The van der Waals surface area contributed by atoms with Crippen molar-refractivity contribution >= 4 is 5.91 Å². The van der Waals surface area contributed by atoms with Gasteiger partial charge in [0.15, 0.2) is 0 Å². The molecule has 0 aliphatic rings. The maximum atomic E-state index is 12.5. The molecule has 0 radical (unpaired) electrons. The average molecular weight is 343 g/mol. The van der Waals surface area contributed by atoms with Gasteiger partial charge in [0, 0.05) is 13.0 Å². The quantitative estimate of drug-likeness (QED) is 0.872. The summed E-state index contributed by atoms with van der Waals surface area (Å²) in [6.07, 6.45) is -3.53. The first-order chi connectivity index (χ1) is 11.3. The molecule has 0 aliphatic carbocycles. The van der Waals surface area contributed by atoms with E-state index in [0.29, 0.717) is 6.42 Å². The van der Waals surface area contributed by atoms with E-state index < -0.39 is 12.1 Å². The second-order valence-electron chi connectivity index (χ2n) is 4.98. The molecule has 1 aromatic carbocycles. The minimum Gasteiger partial charge on any atom is -0.496 e. The van der Waals surface area contributed by atoms with E-state index in [4.69, 9.17) is 4.74 Å². The maximum absolute atomic E-state index is 12.5. The zero-order valence-electron chi connectivity index (χ0n) is 13.1. The van der Waals surface area contributed by atoms with Gasteiger partial charge in [0.05, 0.1) is 12.7 Å². The highest BCUT2D eigenvalue weighted by Crippen LogP contribution is 2.33. The van der Waals surface area contributed by atoms with Crippen molar-refractivity contribution in [2.45, 2.75) is 32.5 Å². The molecule has 1 amide bonds. The lowest BCUT2D eigenvalue weighted by atomic mass is 10.1. The second kappa shape index (κ2) is 7.33. The van der Waals surface area contributed by atoms with Crippen LogP contribution < -0.4 is 10.1 Å². The fraction of sp³-hybridized carbons (Fsp3) is 0.400. The van der Waals surface area contributed by atoms with Gasteiger partial charge in [-0.15, -0.1) is 0 Å². The van der Waals surface area contributed by atoms with Gasteiger partial charge in [-0.05, 0) is 24.1 Å². The summed E-state index contributed by atoms with van der Waals surface area (Å²) in [4.78, 5) is 14.8. The van der Waals surface area contributed by atoms with Crippen molar-refractivity contribution in [3.05, 3.63) is 29.7 Å². The van der Waals surface area contributed by atoms with Crippen LogP contribution in [0.4, 0.5) is 13.2 Å². The predicted octanol–water partition coefficient (Wildman–Crippen LogP) is 3.18. The number of halogens is 3. The summed E-state index contributed by atoms with van der Waals surface area (Å²) < 4.78 is 47.0. The molecular weight excluding hydrogens is 327 g/mol. The fourth-order valence-electron chi connectivity index (χ4n) is 1.99. The molecule has 1 heterocycles. The molecule has 130 valence electrons. The number of amides is 1. The smallest absolute Gasteiger partial charge is 0.471 e. The number of benzene rings is 1. The van der Waals surface area contributed by atoms with E-state index in [1.54, 1.807) is 12.1 Å². The van der Waals surface area contributed by atoms with Crippen molar-refractivity contribution < 1.29 is 27.2 Å². The normalized spacial score (nSPS) is 11.4. The molecule has 1 aromatic heterocycles. The summed E-state index contributed by atoms with van der Waals surface area (Å²) in [5, 5.41) is 6.08. The van der Waals surface area contributed by atoms with Crippen molar-refractivity contribution in [2.75, 3.05) is 7.11 Å². The number of carbonyl (C=O) groups excluding carboxylic acids is 1. The Hall–Kier alpha value is -2.58. The van der Waals surface area contributed by atoms with Crippen molar-refractivity contribution in [2.24, 2.45) is 0 Å². The molecule has 9 heteroatoms. The topological polar surface area (TPSA) is 77.3 Å². The zero-order chi connectivity index (χ0) is 17.7. The van der Waals surface area contributed by atoms with E-state index in [1.165, 1.54) is 13.2 Å². The summed E-state index contributed by atoms with van der Waals surface area (Å²) in [7, 11) is 1.38. The lowest BCUT2D eigenvalue weighted by Gasteiger charge is -2.09. The molecule has 2 rings (SSSR count). The Morgan fingerprint density at radius 2 is 2.12 bits per heavy atom. The number of ether oxygens (including phenoxy) is 1. The van der Waals surface area contributed by atoms with Gasteiger partial charge in [-0.3, -0.25) is 4.79 Å². The molecule has 0 saturated carbocycles. The van der Waals surface area contributed by atoms with Crippen LogP contribution in [0.25, 0.3) is 11.4 Å². The first-order valence-electron chi connectivity index (χ1n) is 7.20. The first-order valence-corrected chi connectivity index (χ1v) is 7.20. The Balaban J connectivity index is 2.20. The SMILES string of the molecule is CCCC(=O)NCc1ccc(-c2noc(C(F)(F)F)n2)c(OC)c1. The van der Waals surface area contributed by atoms with Crippen LogP contribution in [0.3, 0.4) is 0 Å². The number of nitrogens with zero attached hydrogens (tertiary/aromatic N) is 2. The van der Waals surface area contributed by atoms with Gasteiger partial charge in [-0.1, -0.05) is 18.1 Å². The molecule has 0 unspecified atom stereocenters. The highest BCUT2D eigenvalue weighted by atomic mass is 19.4. The van der Waals surface area contributed by atoms with E-state index >= 15 is 0 Å². The van der Waals surface area contributed by atoms with Crippen LogP contribution in [0.1, 0.15) is 31.2 Å². The minimum absolute atomic E-state index is 0.0754. The number of hydrogen-bond acceptors (Lipinski definition) is 5. The van der Waals surface area contributed by atoms with E-state index in [-0.39, 0.29) is 29.6 Å². The Kier molecular flexibility index (Phi) is 5.42. The molecule has 1 N–H and O–H groups in total. The highest BCUT2D eigenvalue weighted by Gasteiger charge is 2.38. The number of aromatic nitrogens is 2. The second-order valence-corrected chi connectivity index (χ2v) is 4.98. The summed E-state index contributed by atoms with van der Waals surface area (Å²) in [6, 6.07) is 4.77. The largest absolute Gasteiger partial charge is 0.496 e. The third kappa shape index (κ3) is 4.24. The third-order valence-electron chi connectivity index (χ3n) is 3.14. The summed E-state index contributed by atoms with van der Waals surface area (Å²) in [5.41, 5.74) is 1.000. The molecule has 0 saturated heterocycles.